The lowest BCUT2D eigenvalue weighted by atomic mass is 10.2. The first kappa shape index (κ1) is 12.5. The Morgan fingerprint density at radius 3 is 2.93 bits per heavy atom. The van der Waals surface area contributed by atoms with Crippen molar-refractivity contribution in [3.63, 3.8) is 0 Å². The molecule has 0 amide bonds. The molecule has 0 fully saturated rings. The molecule has 0 bridgehead atoms. The molecular weight excluding hydrogens is 283 g/mol. The zero-order chi connectivity index (χ0) is 11.4. The fourth-order valence-corrected chi connectivity index (χ4v) is 2.32. The van der Waals surface area contributed by atoms with Gasteiger partial charge in [-0.25, -0.2) is 4.39 Å². The molecule has 0 saturated heterocycles. The third-order valence-electron chi connectivity index (χ3n) is 1.84. The first-order chi connectivity index (χ1) is 7.00. The summed E-state index contributed by atoms with van der Waals surface area (Å²) in [5.74, 6) is -0.685. The van der Waals surface area contributed by atoms with E-state index in [2.05, 4.69) is 15.9 Å². The highest BCUT2D eigenvalue weighted by molar-refractivity contribution is 9.10. The van der Waals surface area contributed by atoms with Crippen LogP contribution in [0.2, 0.25) is 0 Å². The van der Waals surface area contributed by atoms with E-state index in [0.717, 1.165) is 10.0 Å². The van der Waals surface area contributed by atoms with Gasteiger partial charge in [-0.1, -0.05) is 15.9 Å². The number of benzene rings is 1. The van der Waals surface area contributed by atoms with E-state index in [0.29, 0.717) is 5.75 Å². The van der Waals surface area contributed by atoms with Crippen molar-refractivity contribution in [2.45, 2.75) is 17.9 Å². The molecule has 1 aromatic carbocycles. The van der Waals surface area contributed by atoms with Crippen LogP contribution in [0.4, 0.5) is 4.39 Å². The van der Waals surface area contributed by atoms with Crippen molar-refractivity contribution in [2.75, 3.05) is 0 Å². The summed E-state index contributed by atoms with van der Waals surface area (Å²) in [5, 5.41) is 8.19. The van der Waals surface area contributed by atoms with Crippen molar-refractivity contribution in [2.24, 2.45) is 0 Å². The quantitative estimate of drug-likeness (QED) is 0.925. The van der Waals surface area contributed by atoms with Crippen LogP contribution >= 0.6 is 27.7 Å². The summed E-state index contributed by atoms with van der Waals surface area (Å²) in [4.78, 5) is 10.6. The molecule has 1 unspecified atom stereocenters. The number of carbonyl (C=O) groups is 1. The summed E-state index contributed by atoms with van der Waals surface area (Å²) in [6.45, 7) is 1.61. The summed E-state index contributed by atoms with van der Waals surface area (Å²) in [6, 6.07) is 4.39. The SMILES string of the molecule is CC(SCc1cc(F)ccc1Br)C(=O)O. The van der Waals surface area contributed by atoms with Gasteiger partial charge in [0.25, 0.3) is 0 Å². The number of halogens is 2. The smallest absolute Gasteiger partial charge is 0.316 e. The zero-order valence-corrected chi connectivity index (χ0v) is 10.4. The molecule has 1 atom stereocenters. The first-order valence-electron chi connectivity index (χ1n) is 4.29. The second-order valence-electron chi connectivity index (χ2n) is 3.03. The van der Waals surface area contributed by atoms with Crippen molar-refractivity contribution in [3.8, 4) is 0 Å². The molecule has 0 aliphatic rings. The number of carboxylic acids is 1. The topological polar surface area (TPSA) is 37.3 Å². The van der Waals surface area contributed by atoms with Crippen LogP contribution in [0.15, 0.2) is 22.7 Å². The molecule has 0 saturated carbocycles. The van der Waals surface area contributed by atoms with E-state index < -0.39 is 11.2 Å². The molecule has 5 heteroatoms. The third-order valence-corrected chi connectivity index (χ3v) is 3.80. The standard InChI is InChI=1S/C10H10BrFO2S/c1-6(10(13)14)15-5-7-4-8(12)2-3-9(7)11/h2-4,6H,5H2,1H3,(H,13,14). The van der Waals surface area contributed by atoms with Crippen LogP contribution in [0.3, 0.4) is 0 Å². The summed E-state index contributed by atoms with van der Waals surface area (Å²) in [5.41, 5.74) is 0.771. The fourth-order valence-electron chi connectivity index (χ4n) is 0.940. The molecule has 2 nitrogen and oxygen atoms in total. The molecule has 1 N–H and O–H groups in total. The summed E-state index contributed by atoms with van der Waals surface area (Å²) in [6.07, 6.45) is 0. The van der Waals surface area contributed by atoms with Gasteiger partial charge in [-0.15, -0.1) is 11.8 Å². The maximum Gasteiger partial charge on any atom is 0.316 e. The number of carboxylic acid groups (broad SMARTS) is 1. The van der Waals surface area contributed by atoms with Crippen LogP contribution in [0.25, 0.3) is 0 Å². The molecule has 0 aromatic heterocycles. The minimum Gasteiger partial charge on any atom is -0.480 e. The fraction of sp³-hybridized carbons (Fsp3) is 0.300. The summed E-state index contributed by atoms with van der Waals surface area (Å²) >= 11 is 4.55. The predicted octanol–water partition coefficient (Wildman–Crippen LogP) is 3.29. The molecule has 1 rings (SSSR count). The predicted molar refractivity (Wildman–Crippen MR) is 62.5 cm³/mol. The Labute approximate surface area is 100 Å². The second-order valence-corrected chi connectivity index (χ2v) is 5.21. The first-order valence-corrected chi connectivity index (χ1v) is 6.13. The Morgan fingerprint density at radius 2 is 2.33 bits per heavy atom. The van der Waals surface area contributed by atoms with E-state index in [-0.39, 0.29) is 5.82 Å². The van der Waals surface area contributed by atoms with Crippen molar-refractivity contribution < 1.29 is 14.3 Å². The minimum atomic E-state index is -0.854. The van der Waals surface area contributed by atoms with E-state index in [9.17, 15) is 9.18 Å². The van der Waals surface area contributed by atoms with Gasteiger partial charge in [-0.05, 0) is 30.7 Å². The highest BCUT2D eigenvalue weighted by Gasteiger charge is 2.12. The highest BCUT2D eigenvalue weighted by Crippen LogP contribution is 2.24. The number of hydrogen-bond acceptors (Lipinski definition) is 2. The molecule has 0 heterocycles. The summed E-state index contributed by atoms with van der Waals surface area (Å²) < 4.78 is 13.7. The van der Waals surface area contributed by atoms with Crippen LogP contribution in [-0.2, 0) is 10.5 Å². The molecule has 15 heavy (non-hydrogen) atoms. The Bertz CT molecular complexity index is 370. The van der Waals surface area contributed by atoms with Gasteiger partial charge in [0.2, 0.25) is 0 Å². The molecule has 1 aromatic rings. The van der Waals surface area contributed by atoms with Gasteiger partial charge in [-0.3, -0.25) is 4.79 Å². The van der Waals surface area contributed by atoms with Gasteiger partial charge in [0.15, 0.2) is 0 Å². The summed E-state index contributed by atoms with van der Waals surface area (Å²) in [7, 11) is 0. The van der Waals surface area contributed by atoms with Gasteiger partial charge in [-0.2, -0.15) is 0 Å². The van der Waals surface area contributed by atoms with Crippen LogP contribution in [-0.4, -0.2) is 16.3 Å². The number of rotatable bonds is 4. The van der Waals surface area contributed by atoms with Crippen molar-refractivity contribution in [3.05, 3.63) is 34.1 Å². The normalized spacial score (nSPS) is 12.5. The van der Waals surface area contributed by atoms with E-state index in [1.165, 1.54) is 23.9 Å². The van der Waals surface area contributed by atoms with Crippen molar-refractivity contribution in [1.29, 1.82) is 0 Å². The highest BCUT2D eigenvalue weighted by atomic mass is 79.9. The van der Waals surface area contributed by atoms with Crippen LogP contribution in [0.5, 0.6) is 0 Å². The average molecular weight is 293 g/mol. The zero-order valence-electron chi connectivity index (χ0n) is 8.04. The Balaban J connectivity index is 2.65. The lowest BCUT2D eigenvalue weighted by Gasteiger charge is -2.07. The number of hydrogen-bond donors (Lipinski definition) is 1. The minimum absolute atomic E-state index is 0.309. The maximum atomic E-state index is 12.9. The van der Waals surface area contributed by atoms with Gasteiger partial charge < -0.3 is 5.11 Å². The molecule has 0 aliphatic heterocycles. The van der Waals surface area contributed by atoms with E-state index >= 15 is 0 Å². The molecule has 0 spiro atoms. The number of aliphatic carboxylic acids is 1. The van der Waals surface area contributed by atoms with E-state index in [1.807, 2.05) is 0 Å². The largest absolute Gasteiger partial charge is 0.480 e. The Morgan fingerprint density at radius 1 is 1.67 bits per heavy atom. The van der Waals surface area contributed by atoms with Gasteiger partial charge in [0.05, 0.1) is 5.25 Å². The maximum absolute atomic E-state index is 12.9. The second kappa shape index (κ2) is 5.51. The van der Waals surface area contributed by atoms with Crippen molar-refractivity contribution >= 4 is 33.7 Å². The van der Waals surface area contributed by atoms with Crippen molar-refractivity contribution in [1.82, 2.24) is 0 Å². The van der Waals surface area contributed by atoms with E-state index in [1.54, 1.807) is 13.0 Å². The molecule has 0 aliphatic carbocycles. The Kier molecular flexibility index (Phi) is 4.60. The van der Waals surface area contributed by atoms with Gasteiger partial charge >= 0.3 is 5.97 Å². The van der Waals surface area contributed by atoms with Crippen LogP contribution in [0.1, 0.15) is 12.5 Å². The lowest BCUT2D eigenvalue weighted by molar-refractivity contribution is -0.136. The van der Waals surface area contributed by atoms with Crippen LogP contribution in [0, 0.1) is 5.82 Å². The molecular formula is C10H10BrFO2S. The monoisotopic (exact) mass is 292 g/mol. The van der Waals surface area contributed by atoms with E-state index in [4.69, 9.17) is 5.11 Å². The average Bonchev–Trinajstić information content (AvgIpc) is 2.18. The van der Waals surface area contributed by atoms with Gasteiger partial charge in [0.1, 0.15) is 5.82 Å². The Hall–Kier alpha value is -0.550. The third kappa shape index (κ3) is 3.83. The lowest BCUT2D eigenvalue weighted by Crippen LogP contribution is -2.11. The van der Waals surface area contributed by atoms with Crippen LogP contribution < -0.4 is 0 Å². The molecule has 82 valence electrons. The molecule has 0 radical (unpaired) electrons. The number of thioether (sulfide) groups is 1. The van der Waals surface area contributed by atoms with Gasteiger partial charge in [0, 0.05) is 10.2 Å².